The fourth-order valence-corrected chi connectivity index (χ4v) is 5.71. The molecule has 3 heterocycles. The SMILES string of the molecule is COCCS(=O)(=O)c1ncc(CN2CCN3CCC[C@H]3C2)n1Cc1ccccc1. The van der Waals surface area contributed by atoms with Gasteiger partial charge >= 0.3 is 0 Å². The summed E-state index contributed by atoms with van der Waals surface area (Å²) in [7, 11) is -1.99. The number of benzene rings is 1. The Morgan fingerprint density at radius 3 is 2.76 bits per heavy atom. The second-order valence-corrected chi connectivity index (χ2v) is 9.99. The molecule has 1 aromatic carbocycles. The fraction of sp³-hybridized carbons (Fsp3) is 0.571. The molecule has 2 aliphatic rings. The zero-order chi connectivity index (χ0) is 20.3. The van der Waals surface area contributed by atoms with Crippen LogP contribution in [0.2, 0.25) is 0 Å². The molecule has 0 radical (unpaired) electrons. The van der Waals surface area contributed by atoms with E-state index >= 15 is 0 Å². The van der Waals surface area contributed by atoms with Crippen molar-refractivity contribution in [3.05, 3.63) is 47.8 Å². The van der Waals surface area contributed by atoms with Crippen LogP contribution >= 0.6 is 0 Å². The number of hydrogen-bond donors (Lipinski definition) is 0. The lowest BCUT2D eigenvalue weighted by atomic mass is 10.1. The molecule has 2 fully saturated rings. The van der Waals surface area contributed by atoms with Crippen molar-refractivity contribution in [2.75, 3.05) is 45.6 Å². The highest BCUT2D eigenvalue weighted by Gasteiger charge is 2.31. The van der Waals surface area contributed by atoms with Gasteiger partial charge in [0.2, 0.25) is 15.0 Å². The summed E-state index contributed by atoms with van der Waals surface area (Å²) in [6.45, 7) is 5.76. The number of methoxy groups -OCH3 is 1. The normalized spacial score (nSPS) is 20.8. The molecule has 158 valence electrons. The Hall–Kier alpha value is -1.74. The molecular formula is C21H30N4O3S. The largest absolute Gasteiger partial charge is 0.384 e. The van der Waals surface area contributed by atoms with Gasteiger partial charge in [-0.2, -0.15) is 0 Å². The van der Waals surface area contributed by atoms with E-state index in [1.165, 1.54) is 26.5 Å². The van der Waals surface area contributed by atoms with Crippen LogP contribution in [-0.2, 0) is 27.7 Å². The van der Waals surface area contributed by atoms with E-state index in [0.717, 1.165) is 37.4 Å². The van der Waals surface area contributed by atoms with Gasteiger partial charge in [0.05, 0.1) is 30.8 Å². The highest BCUT2D eigenvalue weighted by Crippen LogP contribution is 2.24. The molecule has 2 aliphatic heterocycles. The van der Waals surface area contributed by atoms with Gasteiger partial charge in [-0.25, -0.2) is 13.4 Å². The van der Waals surface area contributed by atoms with E-state index in [9.17, 15) is 8.42 Å². The topological polar surface area (TPSA) is 67.7 Å². The van der Waals surface area contributed by atoms with Crippen LogP contribution < -0.4 is 0 Å². The number of nitrogens with zero attached hydrogens (tertiary/aromatic N) is 4. The standard InChI is InChI=1S/C21H30N4O3S/c1-28-12-13-29(26,27)21-22-14-20(25(21)15-18-6-3-2-4-7-18)17-23-10-11-24-9-5-8-19(24)16-23/h2-4,6-7,14,19H,5,8-13,15-17H2,1H3/t19-/m0/s1. The van der Waals surface area contributed by atoms with Crippen molar-refractivity contribution in [3.63, 3.8) is 0 Å². The van der Waals surface area contributed by atoms with Crippen molar-refractivity contribution in [1.29, 1.82) is 0 Å². The summed E-state index contributed by atoms with van der Waals surface area (Å²) in [4.78, 5) is 9.37. The minimum Gasteiger partial charge on any atom is -0.384 e. The Labute approximate surface area is 173 Å². The molecule has 1 atom stereocenters. The van der Waals surface area contributed by atoms with Crippen LogP contribution in [0.5, 0.6) is 0 Å². The number of hydrogen-bond acceptors (Lipinski definition) is 6. The molecule has 7 nitrogen and oxygen atoms in total. The predicted molar refractivity (Wildman–Crippen MR) is 112 cm³/mol. The lowest BCUT2D eigenvalue weighted by Gasteiger charge is -2.37. The summed E-state index contributed by atoms with van der Waals surface area (Å²) in [6.07, 6.45) is 4.28. The van der Waals surface area contributed by atoms with Crippen molar-refractivity contribution < 1.29 is 13.2 Å². The van der Waals surface area contributed by atoms with Gasteiger partial charge in [0.25, 0.3) is 0 Å². The average molecular weight is 419 g/mol. The summed E-state index contributed by atoms with van der Waals surface area (Å²) in [5, 5.41) is 0.146. The van der Waals surface area contributed by atoms with Gasteiger partial charge in [-0.15, -0.1) is 0 Å². The van der Waals surface area contributed by atoms with Crippen LogP contribution in [0.25, 0.3) is 0 Å². The van der Waals surface area contributed by atoms with Gasteiger partial charge in [0.15, 0.2) is 0 Å². The van der Waals surface area contributed by atoms with E-state index in [4.69, 9.17) is 4.74 Å². The number of ether oxygens (including phenoxy) is 1. The zero-order valence-corrected chi connectivity index (χ0v) is 17.9. The van der Waals surface area contributed by atoms with Gasteiger partial charge < -0.3 is 9.30 Å². The van der Waals surface area contributed by atoms with E-state index in [1.807, 2.05) is 34.9 Å². The molecule has 0 unspecified atom stereocenters. The first-order valence-electron chi connectivity index (χ1n) is 10.3. The van der Waals surface area contributed by atoms with Crippen molar-refractivity contribution in [3.8, 4) is 0 Å². The van der Waals surface area contributed by atoms with E-state index in [0.29, 0.717) is 12.6 Å². The van der Waals surface area contributed by atoms with E-state index in [-0.39, 0.29) is 17.5 Å². The number of piperazine rings is 1. The molecule has 0 saturated carbocycles. The van der Waals surface area contributed by atoms with E-state index in [2.05, 4.69) is 14.8 Å². The van der Waals surface area contributed by atoms with Crippen LogP contribution in [0.3, 0.4) is 0 Å². The maximum Gasteiger partial charge on any atom is 0.228 e. The first kappa shape index (κ1) is 20.5. The first-order valence-corrected chi connectivity index (χ1v) is 12.0. The molecule has 8 heteroatoms. The highest BCUT2D eigenvalue weighted by molar-refractivity contribution is 7.91. The maximum atomic E-state index is 12.9. The summed E-state index contributed by atoms with van der Waals surface area (Å²) in [6, 6.07) is 10.6. The van der Waals surface area contributed by atoms with Crippen molar-refractivity contribution in [1.82, 2.24) is 19.4 Å². The van der Waals surface area contributed by atoms with Gasteiger partial charge in [0.1, 0.15) is 0 Å². The molecule has 2 aromatic rings. The Kier molecular flexibility index (Phi) is 6.34. The zero-order valence-electron chi connectivity index (χ0n) is 17.0. The lowest BCUT2D eigenvalue weighted by Crippen LogP contribution is -2.49. The first-order chi connectivity index (χ1) is 14.1. The third kappa shape index (κ3) is 4.71. The van der Waals surface area contributed by atoms with Gasteiger partial charge in [-0.05, 0) is 24.9 Å². The highest BCUT2D eigenvalue weighted by atomic mass is 32.2. The van der Waals surface area contributed by atoms with Crippen molar-refractivity contribution >= 4 is 9.84 Å². The van der Waals surface area contributed by atoms with E-state index in [1.54, 1.807) is 6.20 Å². The molecule has 1 aromatic heterocycles. The number of sulfone groups is 1. The Morgan fingerprint density at radius 2 is 1.97 bits per heavy atom. The molecule has 29 heavy (non-hydrogen) atoms. The van der Waals surface area contributed by atoms with Crippen LogP contribution in [0.15, 0.2) is 41.7 Å². The van der Waals surface area contributed by atoms with Crippen LogP contribution in [0.4, 0.5) is 0 Å². The van der Waals surface area contributed by atoms with Crippen LogP contribution in [-0.4, -0.2) is 79.5 Å². The number of rotatable bonds is 8. The monoisotopic (exact) mass is 418 g/mol. The Bertz CT molecular complexity index is 913. The summed E-state index contributed by atoms with van der Waals surface area (Å²) < 4.78 is 32.6. The molecule has 0 amide bonds. The van der Waals surface area contributed by atoms with Crippen LogP contribution in [0.1, 0.15) is 24.1 Å². The molecule has 0 spiro atoms. The quantitative estimate of drug-likeness (QED) is 0.649. The summed E-state index contributed by atoms with van der Waals surface area (Å²) in [5.41, 5.74) is 2.02. The van der Waals surface area contributed by atoms with E-state index < -0.39 is 9.84 Å². The lowest BCUT2D eigenvalue weighted by molar-refractivity contribution is 0.0975. The number of aromatic nitrogens is 2. The molecular weight excluding hydrogens is 388 g/mol. The molecule has 0 aliphatic carbocycles. The maximum absolute atomic E-state index is 12.9. The van der Waals surface area contributed by atoms with Gasteiger partial charge in [-0.3, -0.25) is 9.80 Å². The Morgan fingerprint density at radius 1 is 1.14 bits per heavy atom. The number of fused-ring (bicyclic) bond motifs is 1. The minimum absolute atomic E-state index is 0.0600. The van der Waals surface area contributed by atoms with Crippen LogP contribution in [0, 0.1) is 0 Å². The van der Waals surface area contributed by atoms with Gasteiger partial charge in [0, 0.05) is 39.3 Å². The molecule has 0 N–H and O–H groups in total. The fourth-order valence-electron chi connectivity index (χ4n) is 4.41. The second kappa shape index (κ2) is 8.95. The third-order valence-corrected chi connectivity index (χ3v) is 7.56. The predicted octanol–water partition coefficient (Wildman–Crippen LogP) is 1.63. The average Bonchev–Trinajstić information content (AvgIpc) is 3.34. The summed E-state index contributed by atoms with van der Waals surface area (Å²) in [5.74, 6) is -0.0600. The van der Waals surface area contributed by atoms with Crippen molar-refractivity contribution in [2.24, 2.45) is 0 Å². The molecule has 0 bridgehead atoms. The summed E-state index contributed by atoms with van der Waals surface area (Å²) >= 11 is 0. The minimum atomic E-state index is -3.51. The van der Waals surface area contributed by atoms with Crippen molar-refractivity contribution in [2.45, 2.75) is 37.1 Å². The second-order valence-electron chi connectivity index (χ2n) is 7.98. The number of imidazole rings is 1. The molecule has 2 saturated heterocycles. The van der Waals surface area contributed by atoms with Gasteiger partial charge in [-0.1, -0.05) is 30.3 Å². The molecule has 4 rings (SSSR count). The Balaban J connectivity index is 1.59. The smallest absolute Gasteiger partial charge is 0.228 e. The third-order valence-electron chi connectivity index (χ3n) is 5.98.